The molecule has 0 heterocycles. The Morgan fingerprint density at radius 3 is 2.35 bits per heavy atom. The van der Waals surface area contributed by atoms with E-state index < -0.39 is 28.6 Å². The average Bonchev–Trinajstić information content (AvgIpc) is 3.19. The SMILES string of the molecule is CC(NC(=O)C1CC1C(=O)O)c1ccc(S(C)=O)cc1. The fraction of sp³-hybridized carbons (Fsp3) is 0.429. The van der Waals surface area contributed by atoms with Crippen LogP contribution in [-0.4, -0.2) is 27.4 Å². The number of amides is 1. The van der Waals surface area contributed by atoms with E-state index in [1.807, 2.05) is 19.1 Å². The first-order valence-electron chi connectivity index (χ1n) is 6.36. The van der Waals surface area contributed by atoms with Gasteiger partial charge in [-0.2, -0.15) is 0 Å². The van der Waals surface area contributed by atoms with Gasteiger partial charge in [0, 0.05) is 22.0 Å². The van der Waals surface area contributed by atoms with Crippen molar-refractivity contribution in [2.24, 2.45) is 11.8 Å². The molecule has 0 aliphatic heterocycles. The zero-order chi connectivity index (χ0) is 14.9. The van der Waals surface area contributed by atoms with E-state index >= 15 is 0 Å². The summed E-state index contributed by atoms with van der Waals surface area (Å²) >= 11 is 0. The molecule has 1 aromatic carbocycles. The summed E-state index contributed by atoms with van der Waals surface area (Å²) in [5.74, 6) is -2.06. The van der Waals surface area contributed by atoms with Gasteiger partial charge in [0.25, 0.3) is 0 Å². The minimum Gasteiger partial charge on any atom is -0.481 e. The first kappa shape index (κ1) is 14.7. The number of carbonyl (C=O) groups excluding carboxylic acids is 1. The molecule has 0 radical (unpaired) electrons. The Hall–Kier alpha value is -1.69. The zero-order valence-corrected chi connectivity index (χ0v) is 12.1. The van der Waals surface area contributed by atoms with Gasteiger partial charge in [-0.15, -0.1) is 0 Å². The molecule has 0 aromatic heterocycles. The summed E-state index contributed by atoms with van der Waals surface area (Å²) in [6, 6.07) is 6.99. The lowest BCUT2D eigenvalue weighted by atomic mass is 10.1. The van der Waals surface area contributed by atoms with Crippen LogP contribution in [0.1, 0.15) is 24.9 Å². The lowest BCUT2D eigenvalue weighted by Gasteiger charge is -2.14. The molecule has 6 heteroatoms. The molecule has 1 aromatic rings. The van der Waals surface area contributed by atoms with E-state index in [0.29, 0.717) is 6.42 Å². The van der Waals surface area contributed by atoms with Crippen molar-refractivity contribution in [3.8, 4) is 0 Å². The minimum atomic E-state index is -1.02. The van der Waals surface area contributed by atoms with Gasteiger partial charge >= 0.3 is 5.97 Å². The summed E-state index contributed by atoms with van der Waals surface area (Å²) in [7, 11) is -1.02. The summed E-state index contributed by atoms with van der Waals surface area (Å²) in [5, 5.41) is 11.6. The van der Waals surface area contributed by atoms with Gasteiger partial charge in [0.05, 0.1) is 17.9 Å². The van der Waals surface area contributed by atoms with E-state index in [9.17, 15) is 13.8 Å². The van der Waals surface area contributed by atoms with Crippen LogP contribution in [0.25, 0.3) is 0 Å². The first-order chi connectivity index (χ1) is 9.40. The van der Waals surface area contributed by atoms with E-state index in [-0.39, 0.29) is 11.9 Å². The van der Waals surface area contributed by atoms with Crippen molar-refractivity contribution in [3.05, 3.63) is 29.8 Å². The van der Waals surface area contributed by atoms with Gasteiger partial charge in [0.2, 0.25) is 5.91 Å². The van der Waals surface area contributed by atoms with Gasteiger partial charge in [-0.25, -0.2) is 0 Å². The molecule has 4 unspecified atom stereocenters. The molecule has 0 saturated heterocycles. The summed E-state index contributed by atoms with van der Waals surface area (Å²) in [6.07, 6.45) is 2.03. The van der Waals surface area contributed by atoms with E-state index in [1.54, 1.807) is 18.4 Å². The molecule has 1 aliphatic rings. The van der Waals surface area contributed by atoms with Gasteiger partial charge in [-0.1, -0.05) is 12.1 Å². The van der Waals surface area contributed by atoms with Crippen molar-refractivity contribution in [1.82, 2.24) is 5.32 Å². The van der Waals surface area contributed by atoms with Crippen molar-refractivity contribution < 1.29 is 18.9 Å². The normalized spacial score (nSPS) is 23.7. The number of carboxylic acid groups (broad SMARTS) is 1. The van der Waals surface area contributed by atoms with Gasteiger partial charge in [-0.3, -0.25) is 13.8 Å². The Morgan fingerprint density at radius 2 is 1.90 bits per heavy atom. The average molecular weight is 295 g/mol. The fourth-order valence-corrected chi connectivity index (χ4v) is 2.63. The lowest BCUT2D eigenvalue weighted by Crippen LogP contribution is -2.29. The van der Waals surface area contributed by atoms with Gasteiger partial charge in [0.15, 0.2) is 0 Å². The molecule has 1 amide bonds. The summed E-state index contributed by atoms with van der Waals surface area (Å²) in [5.41, 5.74) is 0.903. The molecule has 2 N–H and O–H groups in total. The fourth-order valence-electron chi connectivity index (χ4n) is 2.11. The topological polar surface area (TPSA) is 83.5 Å². The van der Waals surface area contributed by atoms with Crippen LogP contribution < -0.4 is 5.32 Å². The number of carbonyl (C=O) groups is 2. The van der Waals surface area contributed by atoms with Crippen LogP contribution in [-0.2, 0) is 20.4 Å². The third-order valence-electron chi connectivity index (χ3n) is 3.52. The first-order valence-corrected chi connectivity index (χ1v) is 7.92. The minimum absolute atomic E-state index is 0.197. The molecule has 4 atom stereocenters. The number of aliphatic carboxylic acids is 1. The zero-order valence-electron chi connectivity index (χ0n) is 11.3. The molecule has 20 heavy (non-hydrogen) atoms. The molecule has 1 saturated carbocycles. The van der Waals surface area contributed by atoms with E-state index in [4.69, 9.17) is 5.11 Å². The highest BCUT2D eigenvalue weighted by Crippen LogP contribution is 2.39. The van der Waals surface area contributed by atoms with Crippen molar-refractivity contribution in [3.63, 3.8) is 0 Å². The highest BCUT2D eigenvalue weighted by Gasteiger charge is 2.48. The molecule has 0 spiro atoms. The van der Waals surface area contributed by atoms with Crippen molar-refractivity contribution in [1.29, 1.82) is 0 Å². The predicted octanol–water partition coefficient (Wildman–Crippen LogP) is 1.32. The smallest absolute Gasteiger partial charge is 0.307 e. The van der Waals surface area contributed by atoms with Crippen LogP contribution >= 0.6 is 0 Å². The van der Waals surface area contributed by atoms with E-state index in [0.717, 1.165) is 10.5 Å². The van der Waals surface area contributed by atoms with Gasteiger partial charge in [0.1, 0.15) is 0 Å². The highest BCUT2D eigenvalue weighted by molar-refractivity contribution is 7.84. The molecule has 108 valence electrons. The molecule has 2 rings (SSSR count). The summed E-state index contributed by atoms with van der Waals surface area (Å²) in [6.45, 7) is 1.84. The Kier molecular flexibility index (Phi) is 4.23. The second-order valence-electron chi connectivity index (χ2n) is 5.04. The second-order valence-corrected chi connectivity index (χ2v) is 6.42. The number of benzene rings is 1. The Labute approximate surface area is 119 Å². The standard InChI is InChI=1S/C14H17NO4S/c1-8(9-3-5-10(6-4-9)20(2)19)15-13(16)11-7-12(11)14(17)18/h3-6,8,11-12H,7H2,1-2H3,(H,15,16)(H,17,18). The lowest BCUT2D eigenvalue weighted by molar-refractivity contribution is -0.140. The number of carboxylic acids is 1. The predicted molar refractivity (Wildman–Crippen MR) is 74.6 cm³/mol. The maximum absolute atomic E-state index is 11.9. The molecule has 1 fully saturated rings. The van der Waals surface area contributed by atoms with Crippen molar-refractivity contribution in [2.45, 2.75) is 24.3 Å². The molecular formula is C14H17NO4S. The highest BCUT2D eigenvalue weighted by atomic mass is 32.2. The van der Waals surface area contributed by atoms with Gasteiger partial charge in [-0.05, 0) is 31.0 Å². The molecule has 5 nitrogen and oxygen atoms in total. The molecule has 0 bridgehead atoms. The number of rotatable bonds is 5. The summed E-state index contributed by atoms with van der Waals surface area (Å²) in [4.78, 5) is 23.3. The molecule has 1 aliphatic carbocycles. The Bertz CT molecular complexity index is 555. The maximum atomic E-state index is 11.9. The van der Waals surface area contributed by atoms with Crippen LogP contribution in [0, 0.1) is 11.8 Å². The summed E-state index contributed by atoms with van der Waals surface area (Å²) < 4.78 is 11.3. The molecular weight excluding hydrogens is 278 g/mol. The Morgan fingerprint density at radius 1 is 1.30 bits per heavy atom. The quantitative estimate of drug-likeness (QED) is 0.858. The van der Waals surface area contributed by atoms with Crippen molar-refractivity contribution >= 4 is 22.7 Å². The van der Waals surface area contributed by atoms with Crippen LogP contribution in [0.5, 0.6) is 0 Å². The van der Waals surface area contributed by atoms with E-state index in [1.165, 1.54) is 0 Å². The van der Waals surface area contributed by atoms with E-state index in [2.05, 4.69) is 5.32 Å². The monoisotopic (exact) mass is 295 g/mol. The van der Waals surface area contributed by atoms with Crippen LogP contribution in [0.3, 0.4) is 0 Å². The third kappa shape index (κ3) is 3.25. The Balaban J connectivity index is 1.95. The number of hydrogen-bond donors (Lipinski definition) is 2. The third-order valence-corrected chi connectivity index (χ3v) is 4.45. The van der Waals surface area contributed by atoms with Gasteiger partial charge < -0.3 is 10.4 Å². The number of nitrogens with one attached hydrogen (secondary N) is 1. The number of hydrogen-bond acceptors (Lipinski definition) is 3. The second kappa shape index (κ2) is 5.75. The maximum Gasteiger partial charge on any atom is 0.307 e. The van der Waals surface area contributed by atoms with Crippen LogP contribution in [0.15, 0.2) is 29.2 Å². The van der Waals surface area contributed by atoms with Crippen molar-refractivity contribution in [2.75, 3.05) is 6.26 Å². The van der Waals surface area contributed by atoms with Crippen LogP contribution in [0.2, 0.25) is 0 Å². The van der Waals surface area contributed by atoms with Crippen LogP contribution in [0.4, 0.5) is 0 Å². The largest absolute Gasteiger partial charge is 0.481 e.